The van der Waals surface area contributed by atoms with Gasteiger partial charge in [-0.2, -0.15) is 0 Å². The largest absolute Gasteiger partial charge is 0.463 e. The van der Waals surface area contributed by atoms with Gasteiger partial charge >= 0.3 is 5.97 Å². The number of rotatable bonds is 29. The van der Waals surface area contributed by atoms with Crippen molar-refractivity contribution in [3.63, 3.8) is 0 Å². The summed E-state index contributed by atoms with van der Waals surface area (Å²) in [5.41, 5.74) is 0. The molecule has 0 aliphatic carbocycles. The molecule has 34 heavy (non-hydrogen) atoms. The van der Waals surface area contributed by atoms with E-state index < -0.39 is 0 Å². The minimum Gasteiger partial charge on any atom is -0.463 e. The predicted molar refractivity (Wildman–Crippen MR) is 146 cm³/mol. The minimum absolute atomic E-state index is 0.0915. The molecule has 0 N–H and O–H groups in total. The summed E-state index contributed by atoms with van der Waals surface area (Å²) < 4.78 is 16.3. The number of hydrogen-bond donors (Lipinski definition) is 0. The van der Waals surface area contributed by atoms with E-state index in [0.717, 1.165) is 25.9 Å². The first-order valence-electron chi connectivity index (χ1n) is 15.1. The zero-order valence-corrected chi connectivity index (χ0v) is 23.2. The molecule has 0 aliphatic rings. The lowest BCUT2D eigenvalue weighted by Crippen LogP contribution is -2.13. The van der Waals surface area contributed by atoms with E-state index in [0.29, 0.717) is 32.8 Å². The summed E-state index contributed by atoms with van der Waals surface area (Å²) in [6, 6.07) is 0. The highest BCUT2D eigenvalue weighted by molar-refractivity contribution is 5.69. The highest BCUT2D eigenvalue weighted by Gasteiger charge is 2.02. The molecule has 0 aromatic heterocycles. The van der Waals surface area contributed by atoms with E-state index >= 15 is 0 Å². The van der Waals surface area contributed by atoms with Crippen LogP contribution in [-0.2, 0) is 19.0 Å². The molecule has 0 unspecified atom stereocenters. The van der Waals surface area contributed by atoms with Crippen molar-refractivity contribution in [3.8, 4) is 0 Å². The predicted octanol–water partition coefficient (Wildman–Crippen LogP) is 9.18. The van der Waals surface area contributed by atoms with Gasteiger partial charge in [0.1, 0.15) is 6.61 Å². The number of carbonyl (C=O) groups excluding carboxylic acids is 1. The first-order chi connectivity index (χ1) is 16.8. The Balaban J connectivity index is 3.10. The second kappa shape index (κ2) is 30.4. The van der Waals surface area contributed by atoms with Gasteiger partial charge in [0.05, 0.1) is 19.8 Å². The molecular weight excluding hydrogens is 424 g/mol. The fourth-order valence-electron chi connectivity index (χ4n) is 4.23. The van der Waals surface area contributed by atoms with Gasteiger partial charge in [-0.3, -0.25) is 4.79 Å². The van der Waals surface area contributed by atoms with Gasteiger partial charge in [-0.15, -0.1) is 0 Å². The quantitative estimate of drug-likeness (QED) is 0.0784. The molecule has 0 rings (SSSR count). The van der Waals surface area contributed by atoms with Gasteiger partial charge in [0, 0.05) is 13.0 Å². The molecular formula is C30H60O4. The van der Waals surface area contributed by atoms with Crippen LogP contribution in [0.5, 0.6) is 0 Å². The van der Waals surface area contributed by atoms with E-state index in [9.17, 15) is 4.79 Å². The first-order valence-corrected chi connectivity index (χ1v) is 15.1. The third kappa shape index (κ3) is 29.4. The molecule has 204 valence electrons. The van der Waals surface area contributed by atoms with Gasteiger partial charge in [0.25, 0.3) is 0 Å². The van der Waals surface area contributed by atoms with Crippen molar-refractivity contribution in [2.75, 3.05) is 33.0 Å². The van der Waals surface area contributed by atoms with E-state index in [2.05, 4.69) is 13.8 Å². The van der Waals surface area contributed by atoms with Crippen molar-refractivity contribution < 1.29 is 19.0 Å². The number of unbranched alkanes of at least 4 members (excludes halogenated alkanes) is 19. The van der Waals surface area contributed by atoms with Gasteiger partial charge in [-0.05, 0) is 12.8 Å². The summed E-state index contributed by atoms with van der Waals surface area (Å²) in [6.45, 7) is 7.37. The van der Waals surface area contributed by atoms with Crippen molar-refractivity contribution in [2.24, 2.45) is 0 Å². The molecule has 4 nitrogen and oxygen atoms in total. The van der Waals surface area contributed by atoms with Gasteiger partial charge in [-0.25, -0.2) is 0 Å². The van der Waals surface area contributed by atoms with Crippen LogP contribution in [0.3, 0.4) is 0 Å². The van der Waals surface area contributed by atoms with Crippen LogP contribution in [0.15, 0.2) is 0 Å². The van der Waals surface area contributed by atoms with Crippen LogP contribution in [0.25, 0.3) is 0 Å². The number of esters is 1. The van der Waals surface area contributed by atoms with E-state index in [1.165, 1.54) is 116 Å². The fourth-order valence-corrected chi connectivity index (χ4v) is 4.23. The highest BCUT2D eigenvalue weighted by atomic mass is 16.6. The maximum Gasteiger partial charge on any atom is 0.305 e. The summed E-state index contributed by atoms with van der Waals surface area (Å²) in [4.78, 5) is 11.7. The molecule has 0 amide bonds. The number of ether oxygens (including phenoxy) is 3. The van der Waals surface area contributed by atoms with Gasteiger partial charge in [0.2, 0.25) is 0 Å². The van der Waals surface area contributed by atoms with Gasteiger partial charge in [-0.1, -0.05) is 136 Å². The molecule has 0 saturated heterocycles. The van der Waals surface area contributed by atoms with E-state index in [-0.39, 0.29) is 5.97 Å². The smallest absolute Gasteiger partial charge is 0.305 e. The zero-order valence-electron chi connectivity index (χ0n) is 23.2. The topological polar surface area (TPSA) is 44.8 Å². The Labute approximate surface area is 213 Å². The minimum atomic E-state index is -0.0915. The molecule has 0 atom stereocenters. The van der Waals surface area contributed by atoms with Crippen LogP contribution in [0, 0.1) is 0 Å². The summed E-state index contributed by atoms with van der Waals surface area (Å²) in [6.07, 6.45) is 28.4. The third-order valence-electron chi connectivity index (χ3n) is 6.49. The Morgan fingerprint density at radius 3 is 1.24 bits per heavy atom. The second-order valence-electron chi connectivity index (χ2n) is 9.91. The maximum absolute atomic E-state index is 11.7. The Morgan fingerprint density at radius 2 is 0.765 bits per heavy atom. The van der Waals surface area contributed by atoms with Gasteiger partial charge in [0.15, 0.2) is 0 Å². The molecule has 0 aromatic rings. The third-order valence-corrected chi connectivity index (χ3v) is 6.49. The highest BCUT2D eigenvalue weighted by Crippen LogP contribution is 2.13. The van der Waals surface area contributed by atoms with Crippen molar-refractivity contribution >= 4 is 5.97 Å². The Hall–Kier alpha value is -0.610. The monoisotopic (exact) mass is 484 g/mol. The van der Waals surface area contributed by atoms with Crippen LogP contribution in [0.1, 0.15) is 155 Å². The molecule has 0 bridgehead atoms. The summed E-state index contributed by atoms with van der Waals surface area (Å²) in [5.74, 6) is -0.0915. The molecule has 0 fully saturated rings. The molecule has 0 aliphatic heterocycles. The summed E-state index contributed by atoms with van der Waals surface area (Å²) >= 11 is 0. The van der Waals surface area contributed by atoms with Crippen LogP contribution in [-0.4, -0.2) is 39.0 Å². The maximum atomic E-state index is 11.7. The molecule has 4 heteroatoms. The van der Waals surface area contributed by atoms with E-state index in [1.807, 2.05) is 0 Å². The van der Waals surface area contributed by atoms with Crippen LogP contribution >= 0.6 is 0 Å². The second-order valence-corrected chi connectivity index (χ2v) is 9.91. The zero-order chi connectivity index (χ0) is 24.8. The molecule has 0 aromatic carbocycles. The normalized spacial score (nSPS) is 11.2. The van der Waals surface area contributed by atoms with E-state index in [1.54, 1.807) is 0 Å². The lowest BCUT2D eigenvalue weighted by Gasteiger charge is -2.07. The average Bonchev–Trinajstić information content (AvgIpc) is 2.84. The Kier molecular flexibility index (Phi) is 29.9. The van der Waals surface area contributed by atoms with Crippen molar-refractivity contribution in [3.05, 3.63) is 0 Å². The van der Waals surface area contributed by atoms with Crippen molar-refractivity contribution in [1.29, 1.82) is 0 Å². The van der Waals surface area contributed by atoms with Crippen LogP contribution in [0.2, 0.25) is 0 Å². The molecule has 0 saturated carbocycles. The number of carbonyl (C=O) groups is 1. The Bertz CT molecular complexity index is 386. The van der Waals surface area contributed by atoms with Crippen LogP contribution in [0.4, 0.5) is 0 Å². The molecule has 0 radical (unpaired) electrons. The van der Waals surface area contributed by atoms with Crippen molar-refractivity contribution in [2.45, 2.75) is 155 Å². The summed E-state index contributed by atoms with van der Waals surface area (Å²) in [5, 5.41) is 0. The standard InChI is InChI=1S/C30H60O4/c1-3-5-7-9-11-12-13-14-15-16-17-19-21-23-25-32-26-27-33-28-29-34-30(31)24-22-20-18-10-8-6-4-2/h3-29H2,1-2H3. The SMILES string of the molecule is CCCCCCCCCCCCCCCCOCCOCCOC(=O)CCCCCCCCC. The van der Waals surface area contributed by atoms with Crippen molar-refractivity contribution in [1.82, 2.24) is 0 Å². The first kappa shape index (κ1) is 33.4. The molecule has 0 spiro atoms. The lowest BCUT2D eigenvalue weighted by atomic mass is 10.0. The fraction of sp³-hybridized carbons (Fsp3) is 0.967. The van der Waals surface area contributed by atoms with Gasteiger partial charge < -0.3 is 14.2 Å². The Morgan fingerprint density at radius 1 is 0.412 bits per heavy atom. The lowest BCUT2D eigenvalue weighted by molar-refractivity contribution is -0.145. The molecule has 0 heterocycles. The summed E-state index contributed by atoms with van der Waals surface area (Å²) in [7, 11) is 0. The number of hydrogen-bond acceptors (Lipinski definition) is 4. The van der Waals surface area contributed by atoms with Crippen LogP contribution < -0.4 is 0 Å². The van der Waals surface area contributed by atoms with E-state index in [4.69, 9.17) is 14.2 Å². The average molecular weight is 485 g/mol.